The minimum atomic E-state index is -2.23. The number of carbonyl (C=O) groups excluding carboxylic acids is 2. The molecule has 1 aromatic carbocycles. The van der Waals surface area contributed by atoms with Gasteiger partial charge in [-0.3, -0.25) is 9.59 Å². The Labute approximate surface area is 97.8 Å². The van der Waals surface area contributed by atoms with Gasteiger partial charge in [-0.1, -0.05) is 6.92 Å². The number of primary amides is 2. The van der Waals surface area contributed by atoms with E-state index < -0.39 is 17.6 Å². The third-order valence-corrected chi connectivity index (χ3v) is 2.49. The summed E-state index contributed by atoms with van der Waals surface area (Å²) in [4.78, 5) is 22.1. The van der Waals surface area contributed by atoms with Gasteiger partial charge in [0.1, 0.15) is 0 Å². The highest BCUT2D eigenvalue weighted by molar-refractivity contribution is 5.98. The monoisotopic (exact) mass is 238 g/mol. The van der Waals surface area contributed by atoms with Crippen molar-refractivity contribution in [3.8, 4) is 0 Å². The van der Waals surface area contributed by atoms with Crippen molar-refractivity contribution in [2.75, 3.05) is 0 Å². The van der Waals surface area contributed by atoms with E-state index in [1.54, 1.807) is 0 Å². The lowest BCUT2D eigenvalue weighted by Crippen LogP contribution is -2.29. The molecule has 0 fully saturated rings. The van der Waals surface area contributed by atoms with Gasteiger partial charge >= 0.3 is 0 Å². The molecule has 92 valence electrons. The zero-order chi connectivity index (χ0) is 13.2. The molecule has 0 atom stereocenters. The molecule has 0 unspecified atom stereocenters. The van der Waals surface area contributed by atoms with Gasteiger partial charge in [-0.25, -0.2) is 0 Å². The predicted octanol–water partition coefficient (Wildman–Crippen LogP) is -0.568. The summed E-state index contributed by atoms with van der Waals surface area (Å²) in [6.07, 6.45) is -0.0600. The van der Waals surface area contributed by atoms with Crippen LogP contribution in [-0.2, 0) is 5.79 Å². The molecule has 0 aliphatic heterocycles. The molecule has 0 saturated carbocycles. The van der Waals surface area contributed by atoms with E-state index in [1.165, 1.54) is 19.1 Å². The van der Waals surface area contributed by atoms with E-state index in [2.05, 4.69) is 0 Å². The van der Waals surface area contributed by atoms with E-state index >= 15 is 0 Å². The largest absolute Gasteiger partial charge is 0.366 e. The Morgan fingerprint density at radius 1 is 1.24 bits per heavy atom. The van der Waals surface area contributed by atoms with Gasteiger partial charge in [0.15, 0.2) is 5.79 Å². The molecule has 0 bridgehead atoms. The maximum Gasteiger partial charge on any atom is 0.249 e. The summed E-state index contributed by atoms with van der Waals surface area (Å²) in [7, 11) is 0. The van der Waals surface area contributed by atoms with E-state index in [4.69, 9.17) is 11.5 Å². The fourth-order valence-electron chi connectivity index (χ4n) is 1.43. The third-order valence-electron chi connectivity index (χ3n) is 2.49. The van der Waals surface area contributed by atoms with Crippen LogP contribution in [0.1, 0.15) is 39.6 Å². The van der Waals surface area contributed by atoms with E-state index in [0.29, 0.717) is 0 Å². The fourth-order valence-corrected chi connectivity index (χ4v) is 1.43. The number of hydrogen-bond donors (Lipinski definition) is 4. The molecule has 17 heavy (non-hydrogen) atoms. The Balaban J connectivity index is 3.46. The number of hydrogen-bond acceptors (Lipinski definition) is 4. The molecule has 6 N–H and O–H groups in total. The van der Waals surface area contributed by atoms with Crippen molar-refractivity contribution >= 4 is 11.8 Å². The minimum Gasteiger partial charge on any atom is -0.366 e. The number of nitrogens with two attached hydrogens (primary N) is 2. The molecule has 0 aromatic heterocycles. The lowest BCUT2D eigenvalue weighted by atomic mass is 9.94. The Morgan fingerprint density at radius 2 is 1.82 bits per heavy atom. The van der Waals surface area contributed by atoms with Crippen LogP contribution >= 0.6 is 0 Å². The highest BCUT2D eigenvalue weighted by Crippen LogP contribution is 2.26. The normalized spacial score (nSPS) is 11.2. The smallest absolute Gasteiger partial charge is 0.249 e. The van der Waals surface area contributed by atoms with E-state index in [9.17, 15) is 19.8 Å². The average Bonchev–Trinajstić information content (AvgIpc) is 2.28. The molecule has 0 heterocycles. The van der Waals surface area contributed by atoms with Gasteiger partial charge in [0.05, 0.1) is 0 Å². The number of aliphatic hydroxyl groups is 2. The van der Waals surface area contributed by atoms with E-state index in [-0.39, 0.29) is 23.1 Å². The van der Waals surface area contributed by atoms with Crippen LogP contribution in [0.15, 0.2) is 18.2 Å². The van der Waals surface area contributed by atoms with Crippen LogP contribution in [0.5, 0.6) is 0 Å². The van der Waals surface area contributed by atoms with E-state index in [1.807, 2.05) is 0 Å². The van der Waals surface area contributed by atoms with Crippen molar-refractivity contribution in [2.24, 2.45) is 11.5 Å². The van der Waals surface area contributed by atoms with Crippen molar-refractivity contribution in [2.45, 2.75) is 19.1 Å². The van der Waals surface area contributed by atoms with E-state index in [0.717, 1.165) is 6.07 Å². The maximum absolute atomic E-state index is 11.1. The van der Waals surface area contributed by atoms with Crippen LogP contribution in [0.25, 0.3) is 0 Å². The zero-order valence-electron chi connectivity index (χ0n) is 9.30. The first-order chi connectivity index (χ1) is 7.79. The second-order valence-electron chi connectivity index (χ2n) is 3.66. The maximum atomic E-state index is 11.1. The van der Waals surface area contributed by atoms with Crippen molar-refractivity contribution in [3.05, 3.63) is 34.9 Å². The molecule has 0 aliphatic carbocycles. The molecule has 6 nitrogen and oxygen atoms in total. The van der Waals surface area contributed by atoms with Crippen LogP contribution in [-0.4, -0.2) is 22.0 Å². The summed E-state index contributed by atoms with van der Waals surface area (Å²) in [6, 6.07) is 3.71. The lowest BCUT2D eigenvalue weighted by Gasteiger charge is -2.22. The minimum absolute atomic E-state index is 0.0538. The molecule has 0 saturated heterocycles. The van der Waals surface area contributed by atoms with Gasteiger partial charge in [-0.2, -0.15) is 0 Å². The third kappa shape index (κ3) is 2.61. The first kappa shape index (κ1) is 13.1. The Hall–Kier alpha value is -1.92. The second kappa shape index (κ2) is 4.52. The standard InChI is InChI=1S/C11H14N2O4/c1-2-11(16,17)8-5-6(9(12)14)3-4-7(8)10(13)15/h3-5,16-17H,2H2,1H3,(H2,12,14)(H2,13,15). The number of rotatable bonds is 4. The summed E-state index contributed by atoms with van der Waals surface area (Å²) in [5.41, 5.74) is 10.1. The fraction of sp³-hybridized carbons (Fsp3) is 0.273. The Kier molecular flexibility index (Phi) is 3.50. The molecule has 0 radical (unpaired) electrons. The van der Waals surface area contributed by atoms with Crippen molar-refractivity contribution in [1.29, 1.82) is 0 Å². The molecule has 1 rings (SSSR count). The molecular formula is C11H14N2O4. The van der Waals surface area contributed by atoms with Crippen LogP contribution in [0, 0.1) is 0 Å². The Morgan fingerprint density at radius 3 is 2.24 bits per heavy atom. The van der Waals surface area contributed by atoms with Gasteiger partial charge in [0.25, 0.3) is 0 Å². The molecule has 2 amide bonds. The molecule has 0 spiro atoms. The number of benzene rings is 1. The first-order valence-corrected chi connectivity index (χ1v) is 4.98. The van der Waals surface area contributed by atoms with Crippen molar-refractivity contribution in [3.63, 3.8) is 0 Å². The predicted molar refractivity (Wildman–Crippen MR) is 59.9 cm³/mol. The summed E-state index contributed by atoms with van der Waals surface area (Å²) < 4.78 is 0. The topological polar surface area (TPSA) is 127 Å². The SMILES string of the molecule is CCC(O)(O)c1cc(C(N)=O)ccc1C(N)=O. The summed E-state index contributed by atoms with van der Waals surface area (Å²) in [5.74, 6) is -3.76. The molecule has 0 aliphatic rings. The quantitative estimate of drug-likeness (QED) is 0.524. The van der Waals surface area contributed by atoms with Crippen LogP contribution in [0.4, 0.5) is 0 Å². The van der Waals surface area contributed by atoms with Crippen LogP contribution < -0.4 is 11.5 Å². The average molecular weight is 238 g/mol. The van der Waals surface area contributed by atoms with Crippen molar-refractivity contribution in [1.82, 2.24) is 0 Å². The summed E-state index contributed by atoms with van der Waals surface area (Å²) >= 11 is 0. The van der Waals surface area contributed by atoms with Crippen LogP contribution in [0.3, 0.4) is 0 Å². The second-order valence-corrected chi connectivity index (χ2v) is 3.66. The van der Waals surface area contributed by atoms with Gasteiger partial charge in [0.2, 0.25) is 11.8 Å². The first-order valence-electron chi connectivity index (χ1n) is 4.98. The molecular weight excluding hydrogens is 224 g/mol. The van der Waals surface area contributed by atoms with Gasteiger partial charge < -0.3 is 21.7 Å². The van der Waals surface area contributed by atoms with Crippen molar-refractivity contribution < 1.29 is 19.8 Å². The number of amides is 2. The van der Waals surface area contributed by atoms with Gasteiger partial charge in [0, 0.05) is 23.1 Å². The van der Waals surface area contributed by atoms with Gasteiger partial charge in [-0.15, -0.1) is 0 Å². The number of carbonyl (C=O) groups is 2. The lowest BCUT2D eigenvalue weighted by molar-refractivity contribution is -0.171. The molecule has 1 aromatic rings. The Bertz CT molecular complexity index is 469. The summed E-state index contributed by atoms with van der Waals surface area (Å²) in [6.45, 7) is 1.52. The highest BCUT2D eigenvalue weighted by Gasteiger charge is 2.28. The van der Waals surface area contributed by atoms with Crippen LogP contribution in [0.2, 0.25) is 0 Å². The molecule has 6 heteroatoms. The van der Waals surface area contributed by atoms with Gasteiger partial charge in [-0.05, 0) is 18.2 Å². The zero-order valence-corrected chi connectivity index (χ0v) is 9.30. The highest BCUT2D eigenvalue weighted by atomic mass is 16.5. The summed E-state index contributed by atoms with van der Waals surface area (Å²) in [5, 5.41) is 19.5.